The Balaban J connectivity index is 0.00000242. The zero-order chi connectivity index (χ0) is 15.8. The van der Waals surface area contributed by atoms with E-state index in [9.17, 15) is 12.8 Å². The molecule has 1 aliphatic heterocycles. The Kier molecular flexibility index (Phi) is 7.11. The molecule has 0 saturated carbocycles. The van der Waals surface area contributed by atoms with Gasteiger partial charge in [0.1, 0.15) is 10.7 Å². The summed E-state index contributed by atoms with van der Waals surface area (Å²) in [6.45, 7) is 2.73. The molecular weight excluding hydrogens is 418 g/mol. The molecule has 0 bridgehead atoms. The third-order valence-electron chi connectivity index (χ3n) is 3.80. The Labute approximate surface area is 149 Å². The zero-order valence-electron chi connectivity index (χ0n) is 11.9. The first-order chi connectivity index (χ1) is 9.73. The number of sulfonamides is 1. The van der Waals surface area contributed by atoms with E-state index in [1.54, 1.807) is 0 Å². The second-order valence-corrected chi connectivity index (χ2v) is 8.44. The average Bonchev–Trinajstić information content (AvgIpc) is 2.37. The molecule has 22 heavy (non-hydrogen) atoms. The molecule has 1 heterocycles. The van der Waals surface area contributed by atoms with Crippen molar-refractivity contribution in [1.29, 1.82) is 0 Å². The lowest BCUT2D eigenvalue weighted by atomic mass is 9.92. The van der Waals surface area contributed by atoms with Gasteiger partial charge < -0.3 is 5.73 Å². The van der Waals surface area contributed by atoms with Crippen LogP contribution in [0.5, 0.6) is 0 Å². The number of hydrogen-bond donors (Lipinski definition) is 1. The lowest BCUT2D eigenvalue weighted by molar-refractivity contribution is 0.250. The molecule has 1 atom stereocenters. The lowest BCUT2D eigenvalue weighted by Crippen LogP contribution is -2.42. The SMILES string of the molecule is CC(N)C1CCN(S(=O)(=O)c2c(Cl)cc(F)cc2Br)CC1.Cl. The van der Waals surface area contributed by atoms with Gasteiger partial charge in [-0.3, -0.25) is 0 Å². The number of rotatable bonds is 3. The van der Waals surface area contributed by atoms with Crippen molar-refractivity contribution >= 4 is 50.0 Å². The molecule has 4 nitrogen and oxygen atoms in total. The molecule has 1 aromatic carbocycles. The van der Waals surface area contributed by atoms with Gasteiger partial charge in [0.05, 0.1) is 5.02 Å². The predicted octanol–water partition coefficient (Wildman–Crippen LogP) is 3.41. The van der Waals surface area contributed by atoms with Gasteiger partial charge in [0.2, 0.25) is 10.0 Å². The highest BCUT2D eigenvalue weighted by atomic mass is 79.9. The molecule has 1 saturated heterocycles. The summed E-state index contributed by atoms with van der Waals surface area (Å²) in [6.07, 6.45) is 1.43. The van der Waals surface area contributed by atoms with Crippen molar-refractivity contribution in [2.75, 3.05) is 13.1 Å². The van der Waals surface area contributed by atoms with Crippen molar-refractivity contribution in [3.63, 3.8) is 0 Å². The summed E-state index contributed by atoms with van der Waals surface area (Å²) in [5.74, 6) is -0.259. The van der Waals surface area contributed by atoms with Crippen molar-refractivity contribution in [3.05, 3.63) is 27.4 Å². The second-order valence-electron chi connectivity index (χ2n) is 5.30. The maximum Gasteiger partial charge on any atom is 0.245 e. The van der Waals surface area contributed by atoms with Gasteiger partial charge in [0.15, 0.2) is 0 Å². The van der Waals surface area contributed by atoms with Gasteiger partial charge in [-0.1, -0.05) is 11.6 Å². The van der Waals surface area contributed by atoms with Crippen molar-refractivity contribution in [2.24, 2.45) is 11.7 Å². The van der Waals surface area contributed by atoms with Crippen molar-refractivity contribution in [2.45, 2.75) is 30.7 Å². The molecule has 1 aliphatic rings. The van der Waals surface area contributed by atoms with Gasteiger partial charge in [-0.25, -0.2) is 12.8 Å². The van der Waals surface area contributed by atoms with Crippen LogP contribution in [0.3, 0.4) is 0 Å². The van der Waals surface area contributed by atoms with E-state index >= 15 is 0 Å². The first-order valence-corrected chi connectivity index (χ1v) is 9.25. The van der Waals surface area contributed by atoms with Gasteiger partial charge >= 0.3 is 0 Å². The predicted molar refractivity (Wildman–Crippen MR) is 91.5 cm³/mol. The summed E-state index contributed by atoms with van der Waals surface area (Å²) in [5, 5.41) is -0.115. The number of halogens is 4. The number of nitrogens with zero attached hydrogens (tertiary/aromatic N) is 1. The van der Waals surface area contributed by atoms with E-state index in [0.29, 0.717) is 31.8 Å². The minimum absolute atomic E-state index is 0. The molecule has 9 heteroatoms. The fraction of sp³-hybridized carbons (Fsp3) is 0.538. The number of nitrogens with two attached hydrogens (primary N) is 1. The summed E-state index contributed by atoms with van der Waals surface area (Å²) in [7, 11) is -3.74. The molecule has 0 radical (unpaired) electrons. The number of piperidine rings is 1. The van der Waals surface area contributed by atoms with E-state index < -0.39 is 15.8 Å². The quantitative estimate of drug-likeness (QED) is 0.791. The zero-order valence-corrected chi connectivity index (χ0v) is 15.9. The molecule has 2 N–H and O–H groups in total. The van der Waals surface area contributed by atoms with Crippen LogP contribution in [-0.2, 0) is 10.0 Å². The first-order valence-electron chi connectivity index (χ1n) is 6.63. The summed E-state index contributed by atoms with van der Waals surface area (Å²) in [6, 6.07) is 2.16. The molecule has 1 aromatic rings. The van der Waals surface area contributed by atoms with Crippen LogP contribution in [-0.4, -0.2) is 31.9 Å². The van der Waals surface area contributed by atoms with Gasteiger partial charge in [-0.15, -0.1) is 12.4 Å². The van der Waals surface area contributed by atoms with E-state index in [1.807, 2.05) is 6.92 Å². The summed E-state index contributed by atoms with van der Waals surface area (Å²) in [5.41, 5.74) is 5.86. The standard InChI is InChI=1S/C13H17BrClFN2O2S.ClH/c1-8(17)9-2-4-18(5-3-9)21(19,20)13-11(14)6-10(16)7-12(13)15;/h6-9H,2-5,17H2,1H3;1H. The fourth-order valence-corrected chi connectivity index (χ4v) is 5.77. The molecule has 0 spiro atoms. The highest BCUT2D eigenvalue weighted by Crippen LogP contribution is 2.34. The van der Waals surface area contributed by atoms with Gasteiger partial charge in [-0.2, -0.15) is 4.31 Å². The Hall–Kier alpha value is 0.0800. The molecular formula is C13H18BrCl2FN2O2S. The molecule has 0 aromatic heterocycles. The minimum Gasteiger partial charge on any atom is -0.328 e. The first kappa shape index (κ1) is 20.1. The Morgan fingerprint density at radius 3 is 2.41 bits per heavy atom. The smallest absolute Gasteiger partial charge is 0.245 e. The number of benzene rings is 1. The van der Waals surface area contributed by atoms with Crippen LogP contribution in [0.4, 0.5) is 4.39 Å². The molecule has 0 aliphatic carbocycles. The Morgan fingerprint density at radius 1 is 1.41 bits per heavy atom. The summed E-state index contributed by atoms with van der Waals surface area (Å²) in [4.78, 5) is -0.0789. The molecule has 126 valence electrons. The lowest BCUT2D eigenvalue weighted by Gasteiger charge is -2.33. The Bertz CT molecular complexity index is 612. The van der Waals surface area contributed by atoms with Crippen molar-refractivity contribution in [3.8, 4) is 0 Å². The van der Waals surface area contributed by atoms with Gasteiger partial charge in [0.25, 0.3) is 0 Å². The van der Waals surface area contributed by atoms with Gasteiger partial charge in [0, 0.05) is 23.6 Å². The van der Waals surface area contributed by atoms with Crippen LogP contribution in [0.1, 0.15) is 19.8 Å². The third kappa shape index (κ3) is 4.13. The maximum atomic E-state index is 13.2. The third-order valence-corrected chi connectivity index (χ3v) is 7.10. The van der Waals surface area contributed by atoms with E-state index in [1.165, 1.54) is 4.31 Å². The topological polar surface area (TPSA) is 63.4 Å². The van der Waals surface area contributed by atoms with E-state index in [-0.39, 0.29) is 32.8 Å². The minimum atomic E-state index is -3.74. The highest BCUT2D eigenvalue weighted by molar-refractivity contribution is 9.10. The molecule has 0 amide bonds. The van der Waals surface area contributed by atoms with Crippen molar-refractivity contribution < 1.29 is 12.8 Å². The molecule has 1 fully saturated rings. The van der Waals surface area contributed by atoms with Crippen LogP contribution in [0.2, 0.25) is 5.02 Å². The van der Waals surface area contributed by atoms with E-state index in [4.69, 9.17) is 17.3 Å². The maximum absolute atomic E-state index is 13.2. The monoisotopic (exact) mass is 434 g/mol. The largest absolute Gasteiger partial charge is 0.328 e. The van der Waals surface area contributed by atoms with E-state index in [2.05, 4.69) is 15.9 Å². The van der Waals surface area contributed by atoms with Crippen LogP contribution >= 0.6 is 39.9 Å². The summed E-state index contributed by atoms with van der Waals surface area (Å²) >= 11 is 9.01. The normalized spacial score (nSPS) is 18.8. The van der Waals surface area contributed by atoms with Gasteiger partial charge in [-0.05, 0) is 53.7 Å². The van der Waals surface area contributed by atoms with Crippen LogP contribution in [0.25, 0.3) is 0 Å². The Morgan fingerprint density at radius 2 is 1.95 bits per heavy atom. The highest BCUT2D eigenvalue weighted by Gasteiger charge is 2.33. The van der Waals surface area contributed by atoms with Crippen LogP contribution in [0, 0.1) is 11.7 Å². The van der Waals surface area contributed by atoms with E-state index in [0.717, 1.165) is 12.1 Å². The number of hydrogen-bond acceptors (Lipinski definition) is 3. The second kappa shape index (κ2) is 7.77. The van der Waals surface area contributed by atoms with Crippen LogP contribution in [0.15, 0.2) is 21.5 Å². The van der Waals surface area contributed by atoms with Crippen LogP contribution < -0.4 is 5.73 Å². The molecule has 1 unspecified atom stereocenters. The van der Waals surface area contributed by atoms with Crippen molar-refractivity contribution in [1.82, 2.24) is 4.31 Å². The fourth-order valence-electron chi connectivity index (χ4n) is 2.55. The molecule has 2 rings (SSSR count). The summed E-state index contributed by atoms with van der Waals surface area (Å²) < 4.78 is 40.1. The average molecular weight is 436 g/mol.